The molecule has 0 radical (unpaired) electrons. The predicted octanol–water partition coefficient (Wildman–Crippen LogP) is 15.5. The number of benzene rings is 8. The number of furan rings is 1. The number of aromatic nitrogens is 3. The van der Waals surface area contributed by atoms with Crippen molar-refractivity contribution in [1.29, 1.82) is 0 Å². The first-order valence-corrected chi connectivity index (χ1v) is 21.9. The molecule has 0 fully saturated rings. The van der Waals surface area contributed by atoms with E-state index in [0.29, 0.717) is 17.5 Å². The molecule has 60 heavy (non-hydrogen) atoms. The van der Waals surface area contributed by atoms with Crippen molar-refractivity contribution in [1.82, 2.24) is 15.0 Å². The van der Waals surface area contributed by atoms with E-state index < -0.39 is 0 Å². The van der Waals surface area contributed by atoms with E-state index in [4.69, 9.17) is 19.4 Å². The van der Waals surface area contributed by atoms with Crippen LogP contribution in [0.1, 0.15) is 25.0 Å². The van der Waals surface area contributed by atoms with Gasteiger partial charge in [0, 0.05) is 73.2 Å². The van der Waals surface area contributed by atoms with Crippen LogP contribution in [0, 0.1) is 0 Å². The van der Waals surface area contributed by atoms with Gasteiger partial charge in [0.1, 0.15) is 11.2 Å². The van der Waals surface area contributed by atoms with Crippen LogP contribution in [0.15, 0.2) is 168 Å². The first-order valence-electron chi connectivity index (χ1n) is 20.3. The van der Waals surface area contributed by atoms with E-state index in [0.717, 1.165) is 44.2 Å². The van der Waals surface area contributed by atoms with Gasteiger partial charge in [0.2, 0.25) is 0 Å². The molecule has 1 aliphatic rings. The lowest BCUT2D eigenvalue weighted by Gasteiger charge is -2.22. The maximum atomic E-state index is 6.59. The third kappa shape index (κ3) is 4.92. The van der Waals surface area contributed by atoms with E-state index in [2.05, 4.69) is 166 Å². The molecule has 0 saturated heterocycles. The van der Waals surface area contributed by atoms with Crippen LogP contribution in [0.25, 0.3) is 119 Å². The van der Waals surface area contributed by atoms with Gasteiger partial charge < -0.3 is 4.42 Å². The van der Waals surface area contributed by atoms with Crippen molar-refractivity contribution in [2.45, 2.75) is 19.3 Å². The van der Waals surface area contributed by atoms with Gasteiger partial charge in [-0.2, -0.15) is 0 Å². The summed E-state index contributed by atoms with van der Waals surface area (Å²) >= 11 is 3.60. The van der Waals surface area contributed by atoms with Gasteiger partial charge in [0.05, 0.1) is 0 Å². The van der Waals surface area contributed by atoms with Crippen molar-refractivity contribution in [3.63, 3.8) is 0 Å². The number of hydrogen-bond acceptors (Lipinski definition) is 6. The van der Waals surface area contributed by atoms with E-state index in [1.807, 2.05) is 12.1 Å². The molecule has 0 spiro atoms. The van der Waals surface area contributed by atoms with Gasteiger partial charge >= 0.3 is 0 Å². The second-order valence-corrected chi connectivity index (χ2v) is 18.5. The second-order valence-electron chi connectivity index (χ2n) is 16.3. The number of rotatable bonds is 4. The summed E-state index contributed by atoms with van der Waals surface area (Å²) in [5.74, 6) is 1.89. The normalized spacial score (nSPS) is 13.3. The van der Waals surface area contributed by atoms with Crippen LogP contribution >= 0.6 is 22.7 Å². The van der Waals surface area contributed by atoms with Crippen LogP contribution in [-0.4, -0.2) is 15.0 Å². The zero-order chi connectivity index (χ0) is 39.7. The third-order valence-electron chi connectivity index (χ3n) is 12.6. The fourth-order valence-electron chi connectivity index (χ4n) is 9.65. The molecule has 282 valence electrons. The fourth-order valence-corrected chi connectivity index (χ4v) is 11.9. The van der Waals surface area contributed by atoms with Gasteiger partial charge in [-0.15, -0.1) is 22.7 Å². The Hall–Kier alpha value is -6.99. The van der Waals surface area contributed by atoms with Crippen LogP contribution < -0.4 is 0 Å². The highest BCUT2D eigenvalue weighted by Gasteiger charge is 2.35. The van der Waals surface area contributed by atoms with E-state index in [9.17, 15) is 0 Å². The molecular formula is C54H33N3OS2. The van der Waals surface area contributed by atoms with E-state index >= 15 is 0 Å². The molecule has 12 aromatic rings. The van der Waals surface area contributed by atoms with E-state index in [-0.39, 0.29) is 5.41 Å². The van der Waals surface area contributed by atoms with Crippen molar-refractivity contribution in [3.05, 3.63) is 175 Å². The van der Waals surface area contributed by atoms with Gasteiger partial charge in [-0.05, 0) is 81.9 Å². The molecule has 0 N–H and O–H groups in total. The van der Waals surface area contributed by atoms with Crippen LogP contribution in [-0.2, 0) is 5.41 Å². The molecule has 8 aromatic carbocycles. The molecule has 13 rings (SSSR count). The molecule has 0 amide bonds. The van der Waals surface area contributed by atoms with E-state index in [1.165, 1.54) is 68.2 Å². The van der Waals surface area contributed by atoms with Crippen molar-refractivity contribution in [2.75, 3.05) is 0 Å². The molecule has 0 aliphatic heterocycles. The smallest absolute Gasteiger partial charge is 0.164 e. The number of thiophene rings is 2. The lowest BCUT2D eigenvalue weighted by Crippen LogP contribution is -2.14. The minimum atomic E-state index is -0.0865. The van der Waals surface area contributed by atoms with Gasteiger partial charge in [-0.3, -0.25) is 0 Å². The molecule has 0 unspecified atom stereocenters. The Labute approximate surface area is 353 Å². The Morgan fingerprint density at radius 3 is 1.85 bits per heavy atom. The summed E-state index contributed by atoms with van der Waals surface area (Å²) in [6.45, 7) is 4.67. The highest BCUT2D eigenvalue weighted by Crippen LogP contribution is 2.50. The molecule has 4 aromatic heterocycles. The highest BCUT2D eigenvalue weighted by atomic mass is 32.1. The third-order valence-corrected chi connectivity index (χ3v) is 14.8. The molecule has 0 saturated carbocycles. The van der Waals surface area contributed by atoms with Gasteiger partial charge in [0.15, 0.2) is 17.5 Å². The standard InChI is InChI=1S/C54H33N3OS2/c1-54(2)41-16-6-3-11-33(41)34-24-21-31(28-42(34)54)30-23-26-43-40(27-30)49-38(14-9-17-44(49)58-43)52-55-51(32-22-25-36-35-12-4-7-18-45(35)60-48(36)29-32)56-53(57-52)39-15-10-20-47-50(39)37-13-5-8-19-46(37)59-47/h3-29H,1-2H3. The lowest BCUT2D eigenvalue weighted by atomic mass is 9.81. The van der Waals surface area contributed by atoms with Crippen LogP contribution in [0.4, 0.5) is 0 Å². The maximum Gasteiger partial charge on any atom is 0.164 e. The topological polar surface area (TPSA) is 51.8 Å². The minimum Gasteiger partial charge on any atom is -0.456 e. The summed E-state index contributed by atoms with van der Waals surface area (Å²) < 4.78 is 11.5. The number of fused-ring (bicyclic) bond motifs is 12. The average molecular weight is 804 g/mol. The second kappa shape index (κ2) is 12.5. The average Bonchev–Trinajstić information content (AvgIpc) is 4.03. The van der Waals surface area contributed by atoms with Crippen molar-refractivity contribution in [3.8, 4) is 56.4 Å². The fraction of sp³-hybridized carbons (Fsp3) is 0.0556. The Kier molecular flexibility index (Phi) is 7.07. The summed E-state index contributed by atoms with van der Waals surface area (Å²) in [4.78, 5) is 16.0. The summed E-state index contributed by atoms with van der Waals surface area (Å²) in [7, 11) is 0. The Balaban J connectivity index is 1.02. The molecule has 6 heteroatoms. The zero-order valence-corrected chi connectivity index (χ0v) is 34.3. The molecular weight excluding hydrogens is 771 g/mol. The summed E-state index contributed by atoms with van der Waals surface area (Å²) in [5.41, 5.74) is 12.1. The molecule has 4 nitrogen and oxygen atoms in total. The Morgan fingerprint density at radius 1 is 0.383 bits per heavy atom. The first-order chi connectivity index (χ1) is 29.5. The van der Waals surface area contributed by atoms with Gasteiger partial charge in [-0.1, -0.05) is 129 Å². The largest absolute Gasteiger partial charge is 0.456 e. The maximum absolute atomic E-state index is 6.59. The number of nitrogens with zero attached hydrogens (tertiary/aromatic N) is 3. The van der Waals surface area contributed by atoms with Gasteiger partial charge in [-0.25, -0.2) is 15.0 Å². The number of hydrogen-bond donors (Lipinski definition) is 0. The highest BCUT2D eigenvalue weighted by molar-refractivity contribution is 7.26. The van der Waals surface area contributed by atoms with Gasteiger partial charge in [0.25, 0.3) is 0 Å². The summed E-state index contributed by atoms with van der Waals surface area (Å²) in [6.07, 6.45) is 0. The SMILES string of the molecule is CC1(C)c2ccccc2-c2ccc(-c3ccc4oc5cccc(-c6nc(-c7ccc8c(c7)sc7ccccc78)nc(-c7cccc8sc9ccccc9c78)n6)c5c4c3)cc21. The quantitative estimate of drug-likeness (QED) is 0.178. The minimum absolute atomic E-state index is 0.0865. The molecule has 1 aliphatic carbocycles. The molecule has 0 atom stereocenters. The zero-order valence-electron chi connectivity index (χ0n) is 32.7. The predicted molar refractivity (Wildman–Crippen MR) is 252 cm³/mol. The van der Waals surface area contributed by atoms with Crippen LogP contribution in [0.2, 0.25) is 0 Å². The van der Waals surface area contributed by atoms with Crippen LogP contribution in [0.5, 0.6) is 0 Å². The van der Waals surface area contributed by atoms with Crippen molar-refractivity contribution in [2.24, 2.45) is 0 Å². The van der Waals surface area contributed by atoms with Crippen LogP contribution in [0.3, 0.4) is 0 Å². The summed E-state index contributed by atoms with van der Waals surface area (Å²) in [5, 5.41) is 6.90. The summed E-state index contributed by atoms with van der Waals surface area (Å²) in [6, 6.07) is 58.8. The lowest BCUT2D eigenvalue weighted by molar-refractivity contribution is 0.660. The first kappa shape index (κ1) is 33.9. The Morgan fingerprint density at radius 2 is 0.983 bits per heavy atom. The monoisotopic (exact) mass is 803 g/mol. The molecule has 0 bridgehead atoms. The van der Waals surface area contributed by atoms with Crippen molar-refractivity contribution >= 4 is 85.0 Å². The van der Waals surface area contributed by atoms with Crippen molar-refractivity contribution < 1.29 is 4.42 Å². The molecule has 4 heterocycles. The van der Waals surface area contributed by atoms with E-state index in [1.54, 1.807) is 22.7 Å². The Bertz CT molecular complexity index is 3770.